The molecule has 5 nitrogen and oxygen atoms in total. The van der Waals surface area contributed by atoms with Crippen LogP contribution in [0.1, 0.15) is 41.0 Å². The first-order valence-corrected chi connectivity index (χ1v) is 11.0. The van der Waals surface area contributed by atoms with E-state index in [2.05, 4.69) is 26.2 Å². The molecule has 2 atom stereocenters. The molecule has 0 fully saturated rings. The van der Waals surface area contributed by atoms with E-state index in [1.165, 1.54) is 30.5 Å². The van der Waals surface area contributed by atoms with E-state index in [4.69, 9.17) is 5.73 Å². The molecule has 0 aliphatic carbocycles. The van der Waals surface area contributed by atoms with E-state index in [9.17, 15) is 22.8 Å². The van der Waals surface area contributed by atoms with E-state index in [-0.39, 0.29) is 17.9 Å². The Morgan fingerprint density at radius 3 is 2.42 bits per heavy atom. The Balaban J connectivity index is 2.10. The van der Waals surface area contributed by atoms with Crippen LogP contribution in [0.4, 0.5) is 13.2 Å². The summed E-state index contributed by atoms with van der Waals surface area (Å²) in [5.74, 6) is -3.50. The van der Waals surface area contributed by atoms with Crippen LogP contribution in [0, 0.1) is 17.5 Å². The van der Waals surface area contributed by atoms with Crippen molar-refractivity contribution in [2.24, 2.45) is 5.73 Å². The quantitative estimate of drug-likeness (QED) is 0.417. The maximum Gasteiger partial charge on any atom is 0.251 e. The molecule has 3 aromatic rings. The highest BCUT2D eigenvalue weighted by molar-refractivity contribution is 9.10. The van der Waals surface area contributed by atoms with E-state index < -0.39 is 34.2 Å². The van der Waals surface area contributed by atoms with E-state index in [0.29, 0.717) is 28.8 Å². The lowest BCUT2D eigenvalue weighted by Crippen LogP contribution is -2.36. The van der Waals surface area contributed by atoms with E-state index in [1.807, 2.05) is 6.92 Å². The molecular weight excluding hydrogens is 499 g/mol. The summed E-state index contributed by atoms with van der Waals surface area (Å²) in [5, 5.41) is 2.87. The van der Waals surface area contributed by atoms with Crippen molar-refractivity contribution in [3.8, 4) is 11.1 Å². The van der Waals surface area contributed by atoms with Gasteiger partial charge in [0.1, 0.15) is 17.5 Å². The first-order chi connectivity index (χ1) is 15.7. The van der Waals surface area contributed by atoms with Crippen molar-refractivity contribution < 1.29 is 22.8 Å². The van der Waals surface area contributed by atoms with Crippen LogP contribution in [0.25, 0.3) is 11.1 Å². The van der Waals surface area contributed by atoms with Crippen LogP contribution in [0.2, 0.25) is 0 Å². The number of carbonyl (C=O) groups excluding carboxylic acids is 2. The van der Waals surface area contributed by atoms with Crippen LogP contribution in [-0.2, 0) is 11.2 Å². The zero-order chi connectivity index (χ0) is 24.1. The van der Waals surface area contributed by atoms with Crippen LogP contribution in [-0.4, -0.2) is 21.6 Å². The summed E-state index contributed by atoms with van der Waals surface area (Å²) in [4.78, 5) is 28.2. The maximum atomic E-state index is 14.0. The van der Waals surface area contributed by atoms with Crippen molar-refractivity contribution in [3.63, 3.8) is 0 Å². The van der Waals surface area contributed by atoms with Crippen LogP contribution in [0.15, 0.2) is 54.7 Å². The zero-order valence-corrected chi connectivity index (χ0v) is 19.2. The monoisotopic (exact) mass is 519 g/mol. The molecule has 1 heterocycles. The van der Waals surface area contributed by atoms with Crippen LogP contribution >= 0.6 is 15.9 Å². The van der Waals surface area contributed by atoms with Gasteiger partial charge in [0.25, 0.3) is 5.91 Å². The van der Waals surface area contributed by atoms with Gasteiger partial charge in [-0.1, -0.05) is 35.0 Å². The van der Waals surface area contributed by atoms with Crippen molar-refractivity contribution in [2.45, 2.75) is 30.6 Å². The molecule has 0 spiro atoms. The normalized spacial score (nSPS) is 12.8. The first kappa shape index (κ1) is 24.4. The number of nitrogens with two attached hydrogens (primary N) is 1. The Kier molecular flexibility index (Phi) is 7.86. The number of rotatable bonds is 8. The lowest BCUT2D eigenvalue weighted by molar-refractivity contribution is -0.121. The molecule has 172 valence electrons. The fourth-order valence-corrected chi connectivity index (χ4v) is 3.58. The molecule has 0 aliphatic heterocycles. The predicted octanol–water partition coefficient (Wildman–Crippen LogP) is 4.84. The topological polar surface area (TPSA) is 85.1 Å². The predicted molar refractivity (Wildman–Crippen MR) is 122 cm³/mol. The highest BCUT2D eigenvalue weighted by Gasteiger charge is 2.24. The Hall–Kier alpha value is -3.20. The Labute approximate surface area is 197 Å². The molecule has 1 unspecified atom stereocenters. The third-order valence-corrected chi connectivity index (χ3v) is 6.10. The van der Waals surface area contributed by atoms with Gasteiger partial charge in [0.05, 0.1) is 22.1 Å². The van der Waals surface area contributed by atoms with Crippen molar-refractivity contribution in [3.05, 3.63) is 89.0 Å². The van der Waals surface area contributed by atoms with Crippen LogP contribution < -0.4 is 11.1 Å². The number of hydrogen-bond donors (Lipinski definition) is 2. The van der Waals surface area contributed by atoms with E-state index in [0.717, 1.165) is 12.1 Å². The summed E-state index contributed by atoms with van der Waals surface area (Å²) in [6.07, 6.45) is 2.06. The standard InChI is InChI=1S/C24H21BrF3N3O2/c1-2-19(25)24(33)31-21(10-13-8-15(26)12-16(27)9-13)22-17(4-3-7-30-22)14-5-6-20(28)18(11-14)23(29)32/h3-9,11-12,19,21H,2,10H2,1H3,(H2,29,32)(H,31,33)/t19?,21-/m0/s1. The first-order valence-electron chi connectivity index (χ1n) is 10.1. The van der Waals surface area contributed by atoms with Gasteiger partial charge in [0, 0.05) is 17.8 Å². The van der Waals surface area contributed by atoms with Crippen LogP contribution in [0.3, 0.4) is 0 Å². The van der Waals surface area contributed by atoms with Gasteiger partial charge in [0.15, 0.2) is 0 Å². The Morgan fingerprint density at radius 1 is 1.09 bits per heavy atom. The lowest BCUT2D eigenvalue weighted by Gasteiger charge is -2.23. The second-order valence-electron chi connectivity index (χ2n) is 7.41. The molecule has 0 aliphatic rings. The SMILES string of the molecule is CCC(Br)C(=O)N[C@@H](Cc1cc(F)cc(F)c1)c1ncccc1-c1ccc(F)c(C(N)=O)c1. The Morgan fingerprint density at radius 2 is 1.79 bits per heavy atom. The molecule has 1 aromatic heterocycles. The summed E-state index contributed by atoms with van der Waals surface area (Å²) < 4.78 is 41.6. The average Bonchev–Trinajstić information content (AvgIpc) is 2.77. The van der Waals surface area contributed by atoms with Crippen molar-refractivity contribution >= 4 is 27.7 Å². The van der Waals surface area contributed by atoms with Crippen molar-refractivity contribution in [1.29, 1.82) is 0 Å². The van der Waals surface area contributed by atoms with Crippen LogP contribution in [0.5, 0.6) is 0 Å². The summed E-state index contributed by atoms with van der Waals surface area (Å²) in [6.45, 7) is 1.83. The number of primary amides is 1. The molecule has 0 radical (unpaired) electrons. The van der Waals surface area contributed by atoms with Gasteiger partial charge in [-0.25, -0.2) is 13.2 Å². The maximum absolute atomic E-state index is 14.0. The molecular formula is C24H21BrF3N3O2. The molecule has 3 rings (SSSR count). The molecule has 33 heavy (non-hydrogen) atoms. The Bertz CT molecular complexity index is 1170. The minimum Gasteiger partial charge on any atom is -0.366 e. The summed E-state index contributed by atoms with van der Waals surface area (Å²) >= 11 is 3.30. The minimum atomic E-state index is -0.926. The minimum absolute atomic E-state index is 0.0394. The number of nitrogens with zero attached hydrogens (tertiary/aromatic N) is 1. The highest BCUT2D eigenvalue weighted by Crippen LogP contribution is 2.30. The smallest absolute Gasteiger partial charge is 0.251 e. The average molecular weight is 520 g/mol. The van der Waals surface area contributed by atoms with Gasteiger partial charge in [-0.2, -0.15) is 0 Å². The second-order valence-corrected chi connectivity index (χ2v) is 8.52. The third kappa shape index (κ3) is 5.98. The number of amides is 2. The van der Waals surface area contributed by atoms with Gasteiger partial charge >= 0.3 is 0 Å². The van der Waals surface area contributed by atoms with Gasteiger partial charge in [-0.3, -0.25) is 14.6 Å². The van der Waals surface area contributed by atoms with Gasteiger partial charge in [-0.05, 0) is 54.3 Å². The molecule has 2 aromatic carbocycles. The molecule has 2 amide bonds. The zero-order valence-electron chi connectivity index (χ0n) is 17.6. The fraction of sp³-hybridized carbons (Fsp3) is 0.208. The number of carbonyl (C=O) groups is 2. The molecule has 0 saturated carbocycles. The molecule has 0 bridgehead atoms. The number of aromatic nitrogens is 1. The molecule has 9 heteroatoms. The highest BCUT2D eigenvalue weighted by atomic mass is 79.9. The fourth-order valence-electron chi connectivity index (χ4n) is 3.45. The number of halogens is 4. The second kappa shape index (κ2) is 10.6. The molecule has 3 N–H and O–H groups in total. The van der Waals surface area contributed by atoms with Gasteiger partial charge in [0.2, 0.25) is 5.91 Å². The van der Waals surface area contributed by atoms with Gasteiger partial charge < -0.3 is 11.1 Å². The summed E-state index contributed by atoms with van der Waals surface area (Å²) in [5.41, 5.74) is 6.64. The largest absolute Gasteiger partial charge is 0.366 e. The number of hydrogen-bond acceptors (Lipinski definition) is 3. The van der Waals surface area contributed by atoms with Gasteiger partial charge in [-0.15, -0.1) is 0 Å². The van der Waals surface area contributed by atoms with Crippen molar-refractivity contribution in [2.75, 3.05) is 0 Å². The lowest BCUT2D eigenvalue weighted by atomic mass is 9.94. The molecule has 0 saturated heterocycles. The number of nitrogens with one attached hydrogen (secondary N) is 1. The third-order valence-electron chi connectivity index (χ3n) is 5.03. The number of pyridine rings is 1. The van der Waals surface area contributed by atoms with Crippen molar-refractivity contribution in [1.82, 2.24) is 10.3 Å². The number of alkyl halides is 1. The van der Waals surface area contributed by atoms with E-state index >= 15 is 0 Å². The van der Waals surface area contributed by atoms with E-state index in [1.54, 1.807) is 12.1 Å². The summed E-state index contributed by atoms with van der Waals surface area (Å²) in [6, 6.07) is 9.57. The summed E-state index contributed by atoms with van der Waals surface area (Å²) in [7, 11) is 0. The number of benzene rings is 2.